The summed E-state index contributed by atoms with van der Waals surface area (Å²) in [6.07, 6.45) is 0. The SMILES string of the molecule is O=[N+]([O-])c1ccc(C([SH2+])c2ccccc2)cc1[N+](=O)[O-]. The Labute approximate surface area is 119 Å². The van der Waals surface area contributed by atoms with Gasteiger partial charge in [0.1, 0.15) is 0 Å². The third kappa shape index (κ3) is 2.77. The number of hydrogen-bond acceptors (Lipinski definition) is 4. The van der Waals surface area contributed by atoms with Crippen molar-refractivity contribution in [3.05, 3.63) is 79.9 Å². The van der Waals surface area contributed by atoms with Crippen LogP contribution in [0.3, 0.4) is 0 Å². The van der Waals surface area contributed by atoms with E-state index in [9.17, 15) is 20.2 Å². The van der Waals surface area contributed by atoms with E-state index in [0.29, 0.717) is 5.56 Å². The van der Waals surface area contributed by atoms with Crippen molar-refractivity contribution in [1.82, 2.24) is 0 Å². The molecular weight excluding hydrogens is 280 g/mol. The molecule has 0 saturated carbocycles. The van der Waals surface area contributed by atoms with Crippen molar-refractivity contribution in [2.24, 2.45) is 0 Å². The van der Waals surface area contributed by atoms with Crippen molar-refractivity contribution in [1.29, 1.82) is 0 Å². The Balaban J connectivity index is 2.46. The first-order valence-corrected chi connectivity index (χ1v) is 6.27. The molecule has 2 rings (SSSR count). The fraction of sp³-hybridized carbons (Fsp3) is 0.0769. The monoisotopic (exact) mass is 291 g/mol. The first kappa shape index (κ1) is 14.0. The van der Waals surface area contributed by atoms with Gasteiger partial charge in [-0.05, 0) is 18.7 Å². The molecule has 0 aromatic heterocycles. The van der Waals surface area contributed by atoms with Crippen molar-refractivity contribution >= 4 is 24.0 Å². The molecule has 0 N–H and O–H groups in total. The fourth-order valence-electron chi connectivity index (χ4n) is 1.86. The van der Waals surface area contributed by atoms with Gasteiger partial charge in [-0.25, -0.2) is 0 Å². The standard InChI is InChI=1S/C13H10N2O4S/c16-14(17)11-7-6-10(8-12(11)15(18)19)13(20)9-4-2-1-3-5-9/h1-8,13,20H/p+1. The molecule has 2 aromatic rings. The Kier molecular flexibility index (Phi) is 3.99. The first-order chi connectivity index (χ1) is 9.50. The molecule has 1 unspecified atom stereocenters. The van der Waals surface area contributed by atoms with Crippen molar-refractivity contribution < 1.29 is 9.85 Å². The largest absolute Gasteiger partial charge is 0.346 e. The molecule has 1 atom stereocenters. The van der Waals surface area contributed by atoms with Gasteiger partial charge in [0.25, 0.3) is 0 Å². The number of rotatable bonds is 4. The summed E-state index contributed by atoms with van der Waals surface area (Å²) in [5.74, 6) is 0. The van der Waals surface area contributed by atoms with Crippen LogP contribution in [0.5, 0.6) is 0 Å². The third-order valence-corrected chi connectivity index (χ3v) is 3.53. The second kappa shape index (κ2) is 5.70. The molecule has 0 radical (unpaired) electrons. The molecule has 6 nitrogen and oxygen atoms in total. The summed E-state index contributed by atoms with van der Waals surface area (Å²) in [5, 5.41) is 21.4. The van der Waals surface area contributed by atoms with Gasteiger partial charge in [-0.2, -0.15) is 0 Å². The van der Waals surface area contributed by atoms with Crippen LogP contribution < -0.4 is 0 Å². The molecule has 0 fully saturated rings. The topological polar surface area (TPSA) is 86.3 Å². The van der Waals surface area contributed by atoms with E-state index in [1.807, 2.05) is 30.3 Å². The average molecular weight is 291 g/mol. The molecule has 0 aliphatic rings. The summed E-state index contributed by atoms with van der Waals surface area (Å²) in [6, 6.07) is 13.2. The Morgan fingerprint density at radius 3 is 2.00 bits per heavy atom. The highest BCUT2D eigenvalue weighted by Crippen LogP contribution is 2.32. The van der Waals surface area contributed by atoms with Gasteiger partial charge in [-0.3, -0.25) is 20.2 Å². The zero-order valence-corrected chi connectivity index (χ0v) is 11.2. The van der Waals surface area contributed by atoms with E-state index in [1.54, 1.807) is 0 Å². The molecule has 2 aromatic carbocycles. The molecule has 0 heterocycles. The van der Waals surface area contributed by atoms with Crippen LogP contribution in [0.15, 0.2) is 48.5 Å². The van der Waals surface area contributed by atoms with E-state index in [4.69, 9.17) is 0 Å². The van der Waals surface area contributed by atoms with Gasteiger partial charge in [-0.1, -0.05) is 30.3 Å². The highest BCUT2D eigenvalue weighted by Gasteiger charge is 2.27. The lowest BCUT2D eigenvalue weighted by Gasteiger charge is -2.06. The number of benzene rings is 2. The van der Waals surface area contributed by atoms with E-state index in [0.717, 1.165) is 11.6 Å². The molecular formula is C13H11N2O4S+. The Morgan fingerprint density at radius 1 is 0.850 bits per heavy atom. The lowest BCUT2D eigenvalue weighted by molar-refractivity contribution is -0.422. The highest BCUT2D eigenvalue weighted by molar-refractivity contribution is 7.59. The van der Waals surface area contributed by atoms with Gasteiger partial charge in [0.2, 0.25) is 0 Å². The lowest BCUT2D eigenvalue weighted by Crippen LogP contribution is -2.01. The minimum atomic E-state index is -0.757. The number of hydrogen-bond donors (Lipinski definition) is 0. The second-order valence-corrected chi connectivity index (χ2v) is 4.68. The molecule has 7 heteroatoms. The minimum Gasteiger partial charge on any atom is -0.258 e. The summed E-state index contributed by atoms with van der Waals surface area (Å²) in [5.41, 5.74) is 0.481. The third-order valence-electron chi connectivity index (χ3n) is 2.86. The van der Waals surface area contributed by atoms with E-state index < -0.39 is 21.2 Å². The summed E-state index contributed by atoms with van der Waals surface area (Å²) in [7, 11) is 0. The average Bonchev–Trinajstić information content (AvgIpc) is 2.46. The van der Waals surface area contributed by atoms with Gasteiger partial charge >= 0.3 is 11.4 Å². The number of nitro groups is 2. The summed E-state index contributed by atoms with van der Waals surface area (Å²) < 4.78 is 0. The van der Waals surface area contributed by atoms with Crippen LogP contribution in [0.2, 0.25) is 0 Å². The fourth-order valence-corrected chi connectivity index (χ4v) is 2.23. The van der Waals surface area contributed by atoms with Crippen molar-refractivity contribution in [3.8, 4) is 0 Å². The van der Waals surface area contributed by atoms with Crippen molar-refractivity contribution in [2.75, 3.05) is 0 Å². The maximum Gasteiger partial charge on any atom is 0.346 e. The Hall–Kier alpha value is -2.41. The molecule has 20 heavy (non-hydrogen) atoms. The summed E-state index contributed by atoms with van der Waals surface area (Å²) in [6.45, 7) is 0. The van der Waals surface area contributed by atoms with Crippen molar-refractivity contribution in [3.63, 3.8) is 0 Å². The zero-order valence-electron chi connectivity index (χ0n) is 10.2. The number of nitrogens with zero attached hydrogens (tertiary/aromatic N) is 2. The maximum absolute atomic E-state index is 10.9. The maximum atomic E-state index is 10.9. The van der Waals surface area contributed by atoms with Crippen LogP contribution in [0.4, 0.5) is 11.4 Å². The Bertz CT molecular complexity index is 661. The van der Waals surface area contributed by atoms with Gasteiger partial charge in [0, 0.05) is 23.3 Å². The van der Waals surface area contributed by atoms with Gasteiger partial charge in [0.15, 0.2) is 5.25 Å². The van der Waals surface area contributed by atoms with Gasteiger partial charge in [0.05, 0.1) is 9.85 Å². The summed E-state index contributed by atoms with van der Waals surface area (Å²) >= 11 is 3.50. The molecule has 0 aliphatic carbocycles. The molecule has 0 bridgehead atoms. The normalized spacial score (nSPS) is 11.8. The van der Waals surface area contributed by atoms with Crippen LogP contribution in [0, 0.1) is 20.2 Å². The molecule has 102 valence electrons. The molecule has 0 spiro atoms. The van der Waals surface area contributed by atoms with Crippen LogP contribution in [-0.2, 0) is 12.6 Å². The molecule has 0 saturated heterocycles. The van der Waals surface area contributed by atoms with Crippen molar-refractivity contribution in [2.45, 2.75) is 5.25 Å². The smallest absolute Gasteiger partial charge is 0.258 e. The van der Waals surface area contributed by atoms with Crippen LogP contribution in [0.25, 0.3) is 0 Å². The van der Waals surface area contributed by atoms with Gasteiger partial charge in [-0.15, -0.1) is 0 Å². The first-order valence-electron chi connectivity index (χ1n) is 5.69. The quantitative estimate of drug-likeness (QED) is 0.492. The minimum absolute atomic E-state index is 0.268. The zero-order chi connectivity index (χ0) is 14.7. The van der Waals surface area contributed by atoms with Crippen LogP contribution >= 0.6 is 0 Å². The lowest BCUT2D eigenvalue weighted by atomic mass is 10.0. The molecule has 0 aliphatic heterocycles. The Morgan fingerprint density at radius 2 is 1.45 bits per heavy atom. The number of nitro benzene ring substituents is 2. The van der Waals surface area contributed by atoms with E-state index in [-0.39, 0.29) is 5.25 Å². The van der Waals surface area contributed by atoms with Crippen LogP contribution in [0.1, 0.15) is 16.4 Å². The molecule has 0 amide bonds. The van der Waals surface area contributed by atoms with Crippen LogP contribution in [-0.4, -0.2) is 9.85 Å². The predicted molar refractivity (Wildman–Crippen MR) is 78.2 cm³/mol. The van der Waals surface area contributed by atoms with E-state index in [2.05, 4.69) is 12.6 Å². The highest BCUT2D eigenvalue weighted by atomic mass is 32.1. The van der Waals surface area contributed by atoms with Gasteiger partial charge < -0.3 is 0 Å². The summed E-state index contributed by atoms with van der Waals surface area (Å²) in [4.78, 5) is 20.2. The van der Waals surface area contributed by atoms with E-state index in [1.165, 1.54) is 12.1 Å². The predicted octanol–water partition coefficient (Wildman–Crippen LogP) is 2.60. The second-order valence-electron chi connectivity index (χ2n) is 4.11. The van der Waals surface area contributed by atoms with E-state index >= 15 is 0 Å².